The Bertz CT molecular complexity index is 1480. The molecule has 4 rings (SSSR count). The van der Waals surface area contributed by atoms with Crippen LogP contribution >= 0.6 is 0 Å². The largest absolute Gasteiger partial charge is 0.345 e. The van der Waals surface area contributed by atoms with E-state index in [0.717, 1.165) is 39.5 Å². The maximum absolute atomic E-state index is 13.2. The molecule has 34 heavy (non-hydrogen) atoms. The first kappa shape index (κ1) is 23.6. The van der Waals surface area contributed by atoms with Crippen molar-refractivity contribution in [3.63, 3.8) is 0 Å². The molecule has 2 aromatic carbocycles. The summed E-state index contributed by atoms with van der Waals surface area (Å²) in [7, 11) is -1.47. The van der Waals surface area contributed by atoms with Gasteiger partial charge in [0, 0.05) is 36.3 Å². The summed E-state index contributed by atoms with van der Waals surface area (Å²) in [4.78, 5) is 18.0. The molecule has 176 valence electrons. The number of hydrogen-bond donors (Lipinski definition) is 2. The van der Waals surface area contributed by atoms with Gasteiger partial charge in [0.15, 0.2) is 0 Å². The van der Waals surface area contributed by atoms with Crippen molar-refractivity contribution in [2.75, 3.05) is 6.26 Å². The Morgan fingerprint density at radius 2 is 1.91 bits per heavy atom. The Morgan fingerprint density at radius 1 is 1.15 bits per heavy atom. The van der Waals surface area contributed by atoms with E-state index < -0.39 is 10.0 Å². The van der Waals surface area contributed by atoms with E-state index in [0.29, 0.717) is 11.1 Å². The van der Waals surface area contributed by atoms with Crippen molar-refractivity contribution in [2.24, 2.45) is 7.05 Å². The summed E-state index contributed by atoms with van der Waals surface area (Å²) in [6, 6.07) is 14.9. The van der Waals surface area contributed by atoms with Crippen molar-refractivity contribution in [3.05, 3.63) is 83.2 Å². The highest BCUT2D eigenvalue weighted by molar-refractivity contribution is 7.88. The predicted octanol–water partition coefficient (Wildman–Crippen LogP) is 3.48. The van der Waals surface area contributed by atoms with Gasteiger partial charge in [0.2, 0.25) is 10.0 Å². The number of fused-ring (bicyclic) bond motifs is 1. The minimum atomic E-state index is -3.33. The molecular formula is C25H27N5O3S. The van der Waals surface area contributed by atoms with Crippen LogP contribution in [0.5, 0.6) is 0 Å². The van der Waals surface area contributed by atoms with Crippen LogP contribution in [0.1, 0.15) is 40.0 Å². The van der Waals surface area contributed by atoms with Crippen LogP contribution < -0.4 is 10.0 Å². The van der Waals surface area contributed by atoms with Crippen molar-refractivity contribution in [2.45, 2.75) is 26.4 Å². The van der Waals surface area contributed by atoms with E-state index >= 15 is 0 Å². The number of aromatic nitrogens is 3. The number of pyridine rings is 1. The summed E-state index contributed by atoms with van der Waals surface area (Å²) < 4.78 is 27.0. The number of aryl methyl sites for hydroxylation is 2. The minimum absolute atomic E-state index is 0.123. The Balaban J connectivity index is 1.64. The quantitative estimate of drug-likeness (QED) is 0.424. The molecule has 0 fully saturated rings. The van der Waals surface area contributed by atoms with Crippen LogP contribution in [-0.4, -0.2) is 35.3 Å². The van der Waals surface area contributed by atoms with Crippen LogP contribution in [0.25, 0.3) is 22.2 Å². The average Bonchev–Trinajstić information content (AvgIpc) is 3.23. The van der Waals surface area contributed by atoms with Gasteiger partial charge in [-0.15, -0.1) is 0 Å². The molecule has 2 aromatic heterocycles. The highest BCUT2D eigenvalue weighted by Crippen LogP contribution is 2.29. The fourth-order valence-electron chi connectivity index (χ4n) is 3.85. The maximum atomic E-state index is 13.2. The SMILES string of the molecule is Cc1ccc(CNS(C)(=O)=O)cc1C(=O)N[C@H](C)c1cc(-c2cnn(C)c2)nc2ccccc12. The first-order valence-corrected chi connectivity index (χ1v) is 12.7. The summed E-state index contributed by atoms with van der Waals surface area (Å²) in [5, 5.41) is 8.31. The topological polar surface area (TPSA) is 106 Å². The fraction of sp³-hybridized carbons (Fsp3) is 0.240. The fourth-order valence-corrected chi connectivity index (χ4v) is 4.28. The zero-order chi connectivity index (χ0) is 24.5. The van der Waals surface area contributed by atoms with Crippen LogP contribution in [-0.2, 0) is 23.6 Å². The number of hydrogen-bond acceptors (Lipinski definition) is 5. The van der Waals surface area contributed by atoms with Gasteiger partial charge in [-0.1, -0.05) is 30.3 Å². The molecule has 0 saturated carbocycles. The van der Waals surface area contributed by atoms with Crippen molar-refractivity contribution < 1.29 is 13.2 Å². The third-order valence-electron chi connectivity index (χ3n) is 5.65. The van der Waals surface area contributed by atoms with Gasteiger partial charge in [0.25, 0.3) is 5.91 Å². The van der Waals surface area contributed by atoms with Crippen LogP contribution in [0.2, 0.25) is 0 Å². The smallest absolute Gasteiger partial charge is 0.252 e. The van der Waals surface area contributed by atoms with Crippen molar-refractivity contribution in [3.8, 4) is 11.3 Å². The number of amides is 1. The van der Waals surface area contributed by atoms with Crippen LogP contribution in [0.15, 0.2) is 60.9 Å². The summed E-state index contributed by atoms with van der Waals surface area (Å²) in [6.45, 7) is 3.92. The summed E-state index contributed by atoms with van der Waals surface area (Å²) in [6.07, 6.45) is 4.78. The minimum Gasteiger partial charge on any atom is -0.345 e. The second kappa shape index (κ2) is 9.36. The molecule has 9 heteroatoms. The Hall–Kier alpha value is -3.56. The lowest BCUT2D eigenvalue weighted by atomic mass is 9.99. The number of nitrogens with one attached hydrogen (secondary N) is 2. The summed E-state index contributed by atoms with van der Waals surface area (Å²) >= 11 is 0. The van der Waals surface area contributed by atoms with Gasteiger partial charge >= 0.3 is 0 Å². The second-order valence-electron chi connectivity index (χ2n) is 8.45. The van der Waals surface area contributed by atoms with E-state index in [1.54, 1.807) is 16.9 Å². The first-order chi connectivity index (χ1) is 16.1. The first-order valence-electron chi connectivity index (χ1n) is 10.8. The predicted molar refractivity (Wildman–Crippen MR) is 133 cm³/mol. The van der Waals surface area contributed by atoms with Gasteiger partial charge < -0.3 is 5.32 Å². The van der Waals surface area contributed by atoms with Crippen molar-refractivity contribution >= 4 is 26.8 Å². The number of carbonyl (C=O) groups is 1. The number of para-hydroxylation sites is 1. The van der Waals surface area contributed by atoms with Gasteiger partial charge in [-0.05, 0) is 48.7 Å². The number of sulfonamides is 1. The molecule has 1 atom stereocenters. The van der Waals surface area contributed by atoms with Gasteiger partial charge in [0.05, 0.1) is 29.7 Å². The molecule has 0 aliphatic carbocycles. The standard InChI is InChI=1S/C25H27N5O3S/c1-16-9-10-18(13-27-34(4,32)33)11-21(16)25(31)28-17(2)22-12-24(19-14-26-30(3)15-19)29-23-8-6-5-7-20(22)23/h5-12,14-15,17,27H,13H2,1-4H3,(H,28,31)/t17-/m1/s1. The van der Waals surface area contributed by atoms with Gasteiger partial charge in [-0.3, -0.25) is 9.48 Å². The van der Waals surface area contributed by atoms with E-state index in [2.05, 4.69) is 15.1 Å². The molecule has 1 amide bonds. The number of carbonyl (C=O) groups excluding carboxylic acids is 1. The van der Waals surface area contributed by atoms with E-state index in [-0.39, 0.29) is 18.5 Å². The molecule has 0 bridgehead atoms. The maximum Gasteiger partial charge on any atom is 0.252 e. The van der Waals surface area contributed by atoms with Crippen molar-refractivity contribution in [1.82, 2.24) is 24.8 Å². The van der Waals surface area contributed by atoms with Crippen LogP contribution in [0, 0.1) is 6.92 Å². The zero-order valence-electron chi connectivity index (χ0n) is 19.5. The highest BCUT2D eigenvalue weighted by atomic mass is 32.2. The Kier molecular flexibility index (Phi) is 6.49. The lowest BCUT2D eigenvalue weighted by Gasteiger charge is -2.19. The Morgan fingerprint density at radius 3 is 2.62 bits per heavy atom. The molecule has 0 saturated heterocycles. The molecule has 0 unspecified atom stereocenters. The van der Waals surface area contributed by atoms with Gasteiger partial charge in [0.1, 0.15) is 0 Å². The molecule has 2 heterocycles. The summed E-state index contributed by atoms with van der Waals surface area (Å²) in [5.74, 6) is -0.227. The molecule has 2 N–H and O–H groups in total. The molecular weight excluding hydrogens is 450 g/mol. The highest BCUT2D eigenvalue weighted by Gasteiger charge is 2.18. The van der Waals surface area contributed by atoms with Gasteiger partial charge in [-0.25, -0.2) is 18.1 Å². The van der Waals surface area contributed by atoms with E-state index in [1.165, 1.54) is 0 Å². The number of rotatable bonds is 7. The van der Waals surface area contributed by atoms with Gasteiger partial charge in [-0.2, -0.15) is 5.10 Å². The molecule has 0 aliphatic rings. The number of benzene rings is 2. The average molecular weight is 478 g/mol. The normalized spacial score (nSPS) is 12.6. The lowest BCUT2D eigenvalue weighted by molar-refractivity contribution is 0.0939. The third kappa shape index (κ3) is 5.32. The second-order valence-corrected chi connectivity index (χ2v) is 10.3. The monoisotopic (exact) mass is 477 g/mol. The lowest BCUT2D eigenvalue weighted by Crippen LogP contribution is -2.28. The van der Waals surface area contributed by atoms with Crippen molar-refractivity contribution in [1.29, 1.82) is 0 Å². The van der Waals surface area contributed by atoms with Crippen LogP contribution in [0.3, 0.4) is 0 Å². The number of nitrogens with zero attached hydrogens (tertiary/aromatic N) is 3. The summed E-state index contributed by atoms with van der Waals surface area (Å²) in [5.41, 5.74) is 5.49. The van der Waals surface area contributed by atoms with E-state index in [4.69, 9.17) is 4.98 Å². The van der Waals surface area contributed by atoms with E-state index in [9.17, 15) is 13.2 Å². The molecule has 0 radical (unpaired) electrons. The molecule has 0 spiro atoms. The zero-order valence-corrected chi connectivity index (χ0v) is 20.3. The molecule has 0 aliphatic heterocycles. The molecule has 4 aromatic rings. The van der Waals surface area contributed by atoms with E-state index in [1.807, 2.05) is 69.6 Å². The molecule has 8 nitrogen and oxygen atoms in total. The third-order valence-corrected chi connectivity index (χ3v) is 6.32. The van der Waals surface area contributed by atoms with Crippen LogP contribution in [0.4, 0.5) is 0 Å². The Labute approximate surface area is 199 Å².